The summed E-state index contributed by atoms with van der Waals surface area (Å²) in [5.74, 6) is 1.33. The van der Waals surface area contributed by atoms with Crippen LogP contribution in [0.2, 0.25) is 0 Å². The van der Waals surface area contributed by atoms with Crippen molar-refractivity contribution in [3.8, 4) is 5.75 Å². The number of carbonyl (C=O) groups is 2. The van der Waals surface area contributed by atoms with Crippen molar-refractivity contribution in [2.45, 2.75) is 96.0 Å². The highest BCUT2D eigenvalue weighted by molar-refractivity contribution is 5.90. The molecule has 38 heavy (non-hydrogen) atoms. The van der Waals surface area contributed by atoms with E-state index >= 15 is 0 Å². The molecule has 9 heteroatoms. The fourth-order valence-corrected chi connectivity index (χ4v) is 6.36. The number of hydrogen-bond acceptors (Lipinski definition) is 8. The average molecular weight is 528 g/mol. The van der Waals surface area contributed by atoms with Gasteiger partial charge >= 0.3 is 0 Å². The van der Waals surface area contributed by atoms with Gasteiger partial charge in [-0.25, -0.2) is 4.99 Å². The highest BCUT2D eigenvalue weighted by Crippen LogP contribution is 2.32. The van der Waals surface area contributed by atoms with E-state index in [0.29, 0.717) is 37.7 Å². The van der Waals surface area contributed by atoms with Crippen molar-refractivity contribution in [2.75, 3.05) is 27.2 Å². The van der Waals surface area contributed by atoms with Crippen molar-refractivity contribution < 1.29 is 19.4 Å². The zero-order chi connectivity index (χ0) is 27.2. The number of nitrogens with two attached hydrogens (primary N) is 1. The summed E-state index contributed by atoms with van der Waals surface area (Å²) in [6, 6.07) is 6.14. The molecule has 1 amide bonds. The Bertz CT molecular complexity index is 1000. The number of rotatable bonds is 11. The van der Waals surface area contributed by atoms with Crippen molar-refractivity contribution in [3.05, 3.63) is 23.8 Å². The van der Waals surface area contributed by atoms with Crippen molar-refractivity contribution in [3.63, 3.8) is 0 Å². The molecule has 1 heterocycles. The van der Waals surface area contributed by atoms with Gasteiger partial charge in [0.25, 0.3) is 0 Å². The van der Waals surface area contributed by atoms with Crippen LogP contribution in [-0.4, -0.2) is 83.0 Å². The lowest BCUT2D eigenvalue weighted by molar-refractivity contribution is -0.144. The van der Waals surface area contributed by atoms with Gasteiger partial charge in [-0.2, -0.15) is 0 Å². The van der Waals surface area contributed by atoms with Crippen LogP contribution in [0, 0.1) is 5.92 Å². The van der Waals surface area contributed by atoms with E-state index in [1.807, 2.05) is 23.1 Å². The van der Waals surface area contributed by atoms with Gasteiger partial charge in [-0.1, -0.05) is 25.7 Å². The van der Waals surface area contributed by atoms with Gasteiger partial charge in [-0.05, 0) is 71.3 Å². The Morgan fingerprint density at radius 1 is 1.16 bits per heavy atom. The number of aliphatic imine (C=N–C) groups is 1. The molecule has 0 bridgehead atoms. The Hall–Kier alpha value is -2.65. The Balaban J connectivity index is 1.30. The summed E-state index contributed by atoms with van der Waals surface area (Å²) in [6.45, 7) is 2.85. The average Bonchev–Trinajstić information content (AvgIpc) is 3.41. The fourth-order valence-electron chi connectivity index (χ4n) is 6.36. The van der Waals surface area contributed by atoms with Gasteiger partial charge in [0.2, 0.25) is 5.91 Å². The number of ether oxygens (including phenoxy) is 1. The summed E-state index contributed by atoms with van der Waals surface area (Å²) in [6.07, 6.45) is 8.57. The first-order valence-corrected chi connectivity index (χ1v) is 14.3. The number of aliphatic hydroxyl groups is 1. The Morgan fingerprint density at radius 3 is 2.58 bits per heavy atom. The SMILES string of the molecule is CC(O)N(C(=O)CCCOc1ccc2c(c1)CN(CC(=O)C1CCCCC1N(C)C)C(N)=N2)C1CCCC1. The lowest BCUT2D eigenvalue weighted by Crippen LogP contribution is -2.47. The highest BCUT2D eigenvalue weighted by Gasteiger charge is 2.34. The van der Waals surface area contributed by atoms with Crippen LogP contribution >= 0.6 is 0 Å². The molecule has 2 saturated carbocycles. The molecule has 3 unspecified atom stereocenters. The van der Waals surface area contributed by atoms with Gasteiger partial charge in [0, 0.05) is 36.5 Å². The van der Waals surface area contributed by atoms with Crippen LogP contribution < -0.4 is 10.5 Å². The van der Waals surface area contributed by atoms with Gasteiger partial charge in [0.15, 0.2) is 11.7 Å². The third kappa shape index (κ3) is 6.86. The largest absolute Gasteiger partial charge is 0.494 e. The monoisotopic (exact) mass is 527 g/mol. The lowest BCUT2D eigenvalue weighted by Gasteiger charge is -2.37. The molecule has 2 fully saturated rings. The number of benzene rings is 1. The predicted molar refractivity (Wildman–Crippen MR) is 148 cm³/mol. The summed E-state index contributed by atoms with van der Waals surface area (Å²) in [5, 5.41) is 10.1. The number of nitrogens with zero attached hydrogens (tertiary/aromatic N) is 4. The minimum atomic E-state index is -0.762. The third-order valence-electron chi connectivity index (χ3n) is 8.34. The molecule has 1 aromatic rings. The van der Waals surface area contributed by atoms with E-state index in [0.717, 1.165) is 56.2 Å². The maximum atomic E-state index is 13.3. The Kier molecular flexibility index (Phi) is 9.65. The molecule has 0 saturated heterocycles. The zero-order valence-corrected chi connectivity index (χ0v) is 23.3. The summed E-state index contributed by atoms with van der Waals surface area (Å²) >= 11 is 0. The van der Waals surface area contributed by atoms with Gasteiger partial charge in [-0.15, -0.1) is 0 Å². The molecular weight excluding hydrogens is 482 g/mol. The molecule has 0 spiro atoms. The fraction of sp³-hybridized carbons (Fsp3) is 0.690. The van der Waals surface area contributed by atoms with Crippen molar-refractivity contribution >= 4 is 23.3 Å². The van der Waals surface area contributed by atoms with Gasteiger partial charge < -0.3 is 30.3 Å². The lowest BCUT2D eigenvalue weighted by atomic mass is 9.81. The number of guanidine groups is 1. The first-order valence-electron chi connectivity index (χ1n) is 14.3. The molecule has 3 atom stereocenters. The maximum absolute atomic E-state index is 13.3. The first kappa shape index (κ1) is 28.4. The summed E-state index contributed by atoms with van der Waals surface area (Å²) in [7, 11) is 4.11. The van der Waals surface area contributed by atoms with Crippen LogP contribution in [-0.2, 0) is 16.1 Å². The predicted octanol–water partition coefficient (Wildman–Crippen LogP) is 3.41. The minimum Gasteiger partial charge on any atom is -0.494 e. The van der Waals surface area contributed by atoms with Crippen molar-refractivity contribution in [2.24, 2.45) is 16.6 Å². The molecule has 3 N–H and O–H groups in total. The maximum Gasteiger partial charge on any atom is 0.224 e. The van der Waals surface area contributed by atoms with Gasteiger partial charge in [0.05, 0.1) is 18.8 Å². The van der Waals surface area contributed by atoms with E-state index in [2.05, 4.69) is 24.0 Å². The third-order valence-corrected chi connectivity index (χ3v) is 8.34. The minimum absolute atomic E-state index is 0.0134. The number of Topliss-reactive ketones (excluding diaryl/α,β-unsaturated/α-hetero) is 1. The molecule has 1 aromatic carbocycles. The molecule has 210 valence electrons. The van der Waals surface area contributed by atoms with Crippen molar-refractivity contribution in [1.29, 1.82) is 0 Å². The molecule has 0 aromatic heterocycles. The number of fused-ring (bicyclic) bond motifs is 1. The van der Waals surface area contributed by atoms with E-state index in [-0.39, 0.29) is 36.2 Å². The second kappa shape index (κ2) is 12.9. The molecule has 1 aliphatic heterocycles. The molecule has 0 radical (unpaired) electrons. The molecule has 3 aliphatic rings. The van der Waals surface area contributed by atoms with E-state index in [1.165, 1.54) is 6.42 Å². The Morgan fingerprint density at radius 2 is 1.87 bits per heavy atom. The molecular formula is C29H45N5O4. The van der Waals surface area contributed by atoms with E-state index < -0.39 is 6.23 Å². The van der Waals surface area contributed by atoms with Crippen LogP contribution in [0.4, 0.5) is 5.69 Å². The normalized spacial score (nSPS) is 22.7. The second-order valence-electron chi connectivity index (χ2n) is 11.3. The van der Waals surface area contributed by atoms with Crippen LogP contribution in [0.3, 0.4) is 0 Å². The van der Waals surface area contributed by atoms with Crippen LogP contribution in [0.1, 0.15) is 76.7 Å². The van der Waals surface area contributed by atoms with Crippen molar-refractivity contribution in [1.82, 2.24) is 14.7 Å². The van der Waals surface area contributed by atoms with E-state index in [1.54, 1.807) is 11.8 Å². The van der Waals surface area contributed by atoms with E-state index in [9.17, 15) is 14.7 Å². The van der Waals surface area contributed by atoms with Crippen LogP contribution in [0.5, 0.6) is 5.75 Å². The van der Waals surface area contributed by atoms with E-state index in [4.69, 9.17) is 10.5 Å². The second-order valence-corrected chi connectivity index (χ2v) is 11.3. The van der Waals surface area contributed by atoms with Crippen LogP contribution in [0.25, 0.3) is 0 Å². The summed E-state index contributed by atoms with van der Waals surface area (Å²) < 4.78 is 5.96. The summed E-state index contributed by atoms with van der Waals surface area (Å²) in [4.78, 5) is 36.2. The van der Waals surface area contributed by atoms with Gasteiger partial charge in [-0.3, -0.25) is 9.59 Å². The standard InChI is InChI=1S/C29H45N5O4/c1-20(35)34(22-9-4-5-10-22)28(37)13-8-16-38-23-14-15-25-21(17-23)18-33(29(30)31-25)19-27(36)24-11-6-7-12-26(24)32(2)3/h14-15,17,20,22,24,26,35H,4-13,16,18-19H2,1-3H3,(H2,30,31). The smallest absolute Gasteiger partial charge is 0.224 e. The topological polar surface area (TPSA) is 112 Å². The number of carbonyl (C=O) groups excluding carboxylic acids is 2. The van der Waals surface area contributed by atoms with Crippen LogP contribution in [0.15, 0.2) is 23.2 Å². The number of aliphatic hydroxyl groups excluding tert-OH is 1. The molecule has 2 aliphatic carbocycles. The molecule has 4 rings (SSSR count). The van der Waals surface area contributed by atoms with Gasteiger partial charge in [0.1, 0.15) is 12.0 Å². The number of amides is 1. The first-order chi connectivity index (χ1) is 18.2. The number of ketones is 1. The quantitative estimate of drug-likeness (QED) is 0.335. The zero-order valence-electron chi connectivity index (χ0n) is 23.3. The Labute approximate surface area is 227 Å². The highest BCUT2D eigenvalue weighted by atomic mass is 16.5. The number of hydrogen-bond donors (Lipinski definition) is 2. The summed E-state index contributed by atoms with van der Waals surface area (Å²) in [5.41, 5.74) is 8.01. The molecule has 9 nitrogen and oxygen atoms in total.